The number of carboxylic acids is 1. The number of rotatable bonds is 1. The van der Waals surface area contributed by atoms with E-state index in [4.69, 9.17) is 16.1 Å². The molecule has 1 aromatic rings. The second-order valence-electron chi connectivity index (χ2n) is 3.52. The van der Waals surface area contributed by atoms with Crippen LogP contribution in [0.5, 0.6) is 0 Å². The van der Waals surface area contributed by atoms with Gasteiger partial charge < -0.3 is 10.8 Å². The van der Waals surface area contributed by atoms with Crippen LogP contribution < -0.4 is 5.73 Å². The molecule has 0 fully saturated rings. The van der Waals surface area contributed by atoms with E-state index >= 15 is 0 Å². The fourth-order valence-electron chi connectivity index (χ4n) is 1.79. The molecule has 1 aliphatic heterocycles. The Labute approximate surface area is 91.8 Å². The monoisotopic (exact) mass is 215 g/mol. The molecule has 5 nitrogen and oxygen atoms in total. The van der Waals surface area contributed by atoms with Crippen molar-refractivity contribution in [2.24, 2.45) is 10.7 Å². The standard InChI is InChI=1S/C11H9N3O2/c12-5-7-3-1-2-6-4-8(11(15)16)14-10(13)9(6)7/h1-3,8H,4H2,(H2,13,14)(H,15,16). The summed E-state index contributed by atoms with van der Waals surface area (Å²) in [6.45, 7) is 0. The highest BCUT2D eigenvalue weighted by atomic mass is 16.4. The van der Waals surface area contributed by atoms with Crippen LogP contribution >= 0.6 is 0 Å². The summed E-state index contributed by atoms with van der Waals surface area (Å²) < 4.78 is 0. The van der Waals surface area contributed by atoms with Gasteiger partial charge in [-0.25, -0.2) is 4.79 Å². The zero-order chi connectivity index (χ0) is 11.7. The largest absolute Gasteiger partial charge is 0.480 e. The van der Waals surface area contributed by atoms with Crippen LogP contribution in [0.15, 0.2) is 23.2 Å². The average molecular weight is 215 g/mol. The summed E-state index contributed by atoms with van der Waals surface area (Å²) in [4.78, 5) is 14.7. The zero-order valence-electron chi connectivity index (χ0n) is 8.34. The summed E-state index contributed by atoms with van der Waals surface area (Å²) in [5.41, 5.74) is 7.45. The van der Waals surface area contributed by atoms with E-state index < -0.39 is 12.0 Å². The first kappa shape index (κ1) is 10.2. The highest BCUT2D eigenvalue weighted by Crippen LogP contribution is 2.21. The van der Waals surface area contributed by atoms with Gasteiger partial charge in [0.1, 0.15) is 5.84 Å². The second kappa shape index (κ2) is 3.66. The van der Waals surface area contributed by atoms with Crippen LogP contribution in [-0.2, 0) is 11.2 Å². The molecule has 0 spiro atoms. The Hall–Kier alpha value is -2.35. The minimum atomic E-state index is -1.00. The normalized spacial score (nSPS) is 18.2. The molecule has 0 bridgehead atoms. The van der Waals surface area contributed by atoms with E-state index in [-0.39, 0.29) is 12.3 Å². The summed E-state index contributed by atoms with van der Waals surface area (Å²) in [5.74, 6) is -0.873. The van der Waals surface area contributed by atoms with Crippen molar-refractivity contribution < 1.29 is 9.90 Å². The molecule has 1 aromatic carbocycles. The van der Waals surface area contributed by atoms with Crippen LogP contribution in [0.25, 0.3) is 0 Å². The highest BCUT2D eigenvalue weighted by molar-refractivity contribution is 6.03. The molecule has 3 N–H and O–H groups in total. The maximum Gasteiger partial charge on any atom is 0.328 e. The smallest absolute Gasteiger partial charge is 0.328 e. The third kappa shape index (κ3) is 1.50. The van der Waals surface area contributed by atoms with E-state index in [0.29, 0.717) is 11.1 Å². The minimum absolute atomic E-state index is 0.130. The van der Waals surface area contributed by atoms with Gasteiger partial charge in [-0.3, -0.25) is 4.99 Å². The van der Waals surface area contributed by atoms with Gasteiger partial charge >= 0.3 is 5.97 Å². The molecule has 0 radical (unpaired) electrons. The van der Waals surface area contributed by atoms with Crippen molar-refractivity contribution >= 4 is 11.8 Å². The van der Waals surface area contributed by atoms with Crippen molar-refractivity contribution in [2.45, 2.75) is 12.5 Å². The number of aliphatic carboxylic acids is 1. The number of nitrogens with two attached hydrogens (primary N) is 1. The second-order valence-corrected chi connectivity index (χ2v) is 3.52. The number of carboxylic acid groups (broad SMARTS) is 1. The third-order valence-electron chi connectivity index (χ3n) is 2.52. The Balaban J connectivity index is 2.56. The molecule has 16 heavy (non-hydrogen) atoms. The van der Waals surface area contributed by atoms with E-state index in [1.807, 2.05) is 6.07 Å². The Morgan fingerprint density at radius 1 is 1.62 bits per heavy atom. The summed E-state index contributed by atoms with van der Waals surface area (Å²) in [5, 5.41) is 17.8. The van der Waals surface area contributed by atoms with Gasteiger partial charge in [0, 0.05) is 12.0 Å². The molecule has 0 amide bonds. The maximum absolute atomic E-state index is 10.8. The predicted molar refractivity (Wildman–Crippen MR) is 57.0 cm³/mol. The van der Waals surface area contributed by atoms with Gasteiger partial charge in [0.2, 0.25) is 0 Å². The predicted octanol–water partition coefficient (Wildman–Crippen LogP) is 0.273. The number of hydrogen-bond acceptors (Lipinski definition) is 4. The van der Waals surface area contributed by atoms with Crippen LogP contribution in [0.1, 0.15) is 16.7 Å². The van der Waals surface area contributed by atoms with Crippen molar-refractivity contribution in [3.63, 3.8) is 0 Å². The Morgan fingerprint density at radius 3 is 3.00 bits per heavy atom. The van der Waals surface area contributed by atoms with Crippen LogP contribution in [0.4, 0.5) is 0 Å². The fraction of sp³-hybridized carbons (Fsp3) is 0.182. The van der Waals surface area contributed by atoms with Crippen molar-refractivity contribution in [1.82, 2.24) is 0 Å². The first-order valence-corrected chi connectivity index (χ1v) is 4.72. The maximum atomic E-state index is 10.8. The molecule has 0 saturated carbocycles. The third-order valence-corrected chi connectivity index (χ3v) is 2.52. The number of amidine groups is 1. The quantitative estimate of drug-likeness (QED) is 0.702. The minimum Gasteiger partial charge on any atom is -0.480 e. The Morgan fingerprint density at radius 2 is 2.38 bits per heavy atom. The molecule has 1 aliphatic rings. The summed E-state index contributed by atoms with van der Waals surface area (Å²) in [6.07, 6.45) is 0.279. The van der Waals surface area contributed by atoms with Crippen LogP contribution in [0, 0.1) is 11.3 Å². The van der Waals surface area contributed by atoms with E-state index in [9.17, 15) is 4.79 Å². The number of nitrogens with zero attached hydrogens (tertiary/aromatic N) is 2. The van der Waals surface area contributed by atoms with Gasteiger partial charge in [0.25, 0.3) is 0 Å². The lowest BCUT2D eigenvalue weighted by Gasteiger charge is -2.19. The van der Waals surface area contributed by atoms with E-state index in [0.717, 1.165) is 5.56 Å². The van der Waals surface area contributed by atoms with Crippen molar-refractivity contribution in [2.75, 3.05) is 0 Å². The topological polar surface area (TPSA) is 99.5 Å². The number of benzene rings is 1. The van der Waals surface area contributed by atoms with Gasteiger partial charge in [-0.2, -0.15) is 5.26 Å². The highest BCUT2D eigenvalue weighted by Gasteiger charge is 2.26. The van der Waals surface area contributed by atoms with Gasteiger partial charge in [0.15, 0.2) is 6.04 Å². The first-order valence-electron chi connectivity index (χ1n) is 4.72. The lowest BCUT2D eigenvalue weighted by atomic mass is 9.93. The van der Waals surface area contributed by atoms with Crippen LogP contribution in [0.2, 0.25) is 0 Å². The van der Waals surface area contributed by atoms with E-state index in [2.05, 4.69) is 4.99 Å². The molecule has 0 saturated heterocycles. The zero-order valence-corrected chi connectivity index (χ0v) is 8.34. The molecule has 5 heteroatoms. The van der Waals surface area contributed by atoms with E-state index in [1.54, 1.807) is 18.2 Å². The molecule has 80 valence electrons. The number of carbonyl (C=O) groups is 1. The number of aliphatic imine (C=N–C) groups is 1. The van der Waals surface area contributed by atoms with Gasteiger partial charge in [-0.15, -0.1) is 0 Å². The molecule has 1 unspecified atom stereocenters. The van der Waals surface area contributed by atoms with Gasteiger partial charge in [-0.05, 0) is 11.6 Å². The van der Waals surface area contributed by atoms with Crippen LogP contribution in [0.3, 0.4) is 0 Å². The lowest BCUT2D eigenvalue weighted by molar-refractivity contribution is -0.138. The number of hydrogen-bond donors (Lipinski definition) is 2. The molecule has 2 rings (SSSR count). The fourth-order valence-corrected chi connectivity index (χ4v) is 1.79. The number of nitriles is 1. The van der Waals surface area contributed by atoms with Gasteiger partial charge in [-0.1, -0.05) is 12.1 Å². The molecule has 1 heterocycles. The Kier molecular flexibility index (Phi) is 2.33. The van der Waals surface area contributed by atoms with Crippen molar-refractivity contribution in [1.29, 1.82) is 5.26 Å². The van der Waals surface area contributed by atoms with Crippen LogP contribution in [-0.4, -0.2) is 23.0 Å². The SMILES string of the molecule is N#Cc1cccc2c1C(N)=NC(C(=O)O)C2. The Bertz CT molecular complexity index is 529. The van der Waals surface area contributed by atoms with Crippen molar-refractivity contribution in [3.05, 3.63) is 34.9 Å². The molecule has 0 aromatic heterocycles. The number of fused-ring (bicyclic) bond motifs is 1. The van der Waals surface area contributed by atoms with Gasteiger partial charge in [0.05, 0.1) is 11.6 Å². The molecule has 1 atom stereocenters. The van der Waals surface area contributed by atoms with Crippen molar-refractivity contribution in [3.8, 4) is 6.07 Å². The van der Waals surface area contributed by atoms with E-state index in [1.165, 1.54) is 0 Å². The molecule has 0 aliphatic carbocycles. The summed E-state index contributed by atoms with van der Waals surface area (Å²) in [7, 11) is 0. The lowest BCUT2D eigenvalue weighted by Crippen LogP contribution is -2.32. The average Bonchev–Trinajstić information content (AvgIpc) is 2.27. The molecular formula is C11H9N3O2. The summed E-state index contributed by atoms with van der Waals surface area (Å²) >= 11 is 0. The molecular weight excluding hydrogens is 206 g/mol. The first-order chi connectivity index (χ1) is 7.63. The summed E-state index contributed by atoms with van der Waals surface area (Å²) in [6, 6.07) is 6.31.